The summed E-state index contributed by atoms with van der Waals surface area (Å²) in [6, 6.07) is 6.85. The molecule has 0 aliphatic rings. The van der Waals surface area contributed by atoms with E-state index in [1.54, 1.807) is 0 Å². The van der Waals surface area contributed by atoms with Gasteiger partial charge in [0.05, 0.1) is 0 Å². The molecule has 0 atom stereocenters. The third-order valence-corrected chi connectivity index (χ3v) is 2.94. The van der Waals surface area contributed by atoms with Crippen molar-refractivity contribution in [1.29, 1.82) is 0 Å². The first-order valence-corrected chi connectivity index (χ1v) is 6.33. The van der Waals surface area contributed by atoms with Crippen LogP contribution in [-0.2, 0) is 6.42 Å². The molecule has 0 radical (unpaired) electrons. The van der Waals surface area contributed by atoms with Gasteiger partial charge in [-0.05, 0) is 36.0 Å². The standard InChI is InChI=1S/C12H17I/c1-9(2)11-5-4-10(3)12(8-11)6-7-13/h4-5,8-9H,6-7H2,1-3H3. The molecule has 72 valence electrons. The lowest BCUT2D eigenvalue weighted by atomic mass is 9.97. The fourth-order valence-electron chi connectivity index (χ4n) is 1.42. The lowest BCUT2D eigenvalue weighted by Gasteiger charge is -2.10. The van der Waals surface area contributed by atoms with Crippen LogP contribution in [-0.4, -0.2) is 4.43 Å². The van der Waals surface area contributed by atoms with Gasteiger partial charge >= 0.3 is 0 Å². The molecule has 1 aromatic rings. The zero-order valence-corrected chi connectivity index (χ0v) is 10.8. The van der Waals surface area contributed by atoms with Crippen molar-refractivity contribution in [1.82, 2.24) is 0 Å². The molecule has 0 amide bonds. The van der Waals surface area contributed by atoms with Gasteiger partial charge in [-0.15, -0.1) is 0 Å². The van der Waals surface area contributed by atoms with Gasteiger partial charge in [-0.25, -0.2) is 0 Å². The average molecular weight is 288 g/mol. The topological polar surface area (TPSA) is 0 Å². The Balaban J connectivity index is 2.97. The van der Waals surface area contributed by atoms with Gasteiger partial charge in [-0.1, -0.05) is 54.6 Å². The van der Waals surface area contributed by atoms with E-state index >= 15 is 0 Å². The maximum atomic E-state index is 2.44. The van der Waals surface area contributed by atoms with Crippen LogP contribution in [0.2, 0.25) is 0 Å². The Morgan fingerprint density at radius 1 is 1.31 bits per heavy atom. The Morgan fingerprint density at radius 2 is 2.00 bits per heavy atom. The fraction of sp³-hybridized carbons (Fsp3) is 0.500. The second-order valence-electron chi connectivity index (χ2n) is 3.78. The molecule has 1 heteroatoms. The smallest absolute Gasteiger partial charge is 0.00359 e. The monoisotopic (exact) mass is 288 g/mol. The molecular formula is C12H17I. The van der Waals surface area contributed by atoms with Crippen LogP contribution in [0.5, 0.6) is 0 Å². The largest absolute Gasteiger partial charge is 0.0860 e. The summed E-state index contributed by atoms with van der Waals surface area (Å²) in [5, 5.41) is 0. The highest BCUT2D eigenvalue weighted by atomic mass is 127. The van der Waals surface area contributed by atoms with Crippen molar-refractivity contribution < 1.29 is 0 Å². The Labute approximate surface area is 94.9 Å². The molecule has 0 fully saturated rings. The highest BCUT2D eigenvalue weighted by Crippen LogP contribution is 2.19. The Morgan fingerprint density at radius 3 is 2.54 bits per heavy atom. The van der Waals surface area contributed by atoms with E-state index in [1.807, 2.05) is 0 Å². The van der Waals surface area contributed by atoms with Crippen molar-refractivity contribution in [2.45, 2.75) is 33.1 Å². The van der Waals surface area contributed by atoms with Crippen LogP contribution >= 0.6 is 22.6 Å². The van der Waals surface area contributed by atoms with Gasteiger partial charge in [0.25, 0.3) is 0 Å². The van der Waals surface area contributed by atoms with Crippen LogP contribution in [0.3, 0.4) is 0 Å². The minimum absolute atomic E-state index is 0.647. The van der Waals surface area contributed by atoms with E-state index in [9.17, 15) is 0 Å². The first kappa shape index (κ1) is 11.0. The van der Waals surface area contributed by atoms with Crippen LogP contribution in [0.4, 0.5) is 0 Å². The average Bonchev–Trinajstić information content (AvgIpc) is 2.08. The summed E-state index contributed by atoms with van der Waals surface area (Å²) < 4.78 is 1.21. The molecule has 1 aromatic carbocycles. The summed E-state index contributed by atoms with van der Waals surface area (Å²) in [7, 11) is 0. The van der Waals surface area contributed by atoms with Crippen molar-refractivity contribution in [2.24, 2.45) is 0 Å². The van der Waals surface area contributed by atoms with Crippen molar-refractivity contribution in [3.8, 4) is 0 Å². The van der Waals surface area contributed by atoms with E-state index in [0.717, 1.165) is 0 Å². The minimum atomic E-state index is 0.647. The number of hydrogen-bond donors (Lipinski definition) is 0. The second-order valence-corrected chi connectivity index (χ2v) is 4.86. The van der Waals surface area contributed by atoms with Crippen molar-refractivity contribution in [3.63, 3.8) is 0 Å². The van der Waals surface area contributed by atoms with E-state index in [-0.39, 0.29) is 0 Å². The van der Waals surface area contributed by atoms with Crippen LogP contribution < -0.4 is 0 Å². The Kier molecular flexibility index (Phi) is 4.23. The van der Waals surface area contributed by atoms with Crippen LogP contribution in [0.25, 0.3) is 0 Å². The lowest BCUT2D eigenvalue weighted by Crippen LogP contribution is -1.94. The van der Waals surface area contributed by atoms with Crippen molar-refractivity contribution >= 4 is 22.6 Å². The van der Waals surface area contributed by atoms with E-state index in [2.05, 4.69) is 61.6 Å². The Hall–Kier alpha value is -0.0500. The molecule has 0 N–H and O–H groups in total. The molecule has 0 unspecified atom stereocenters. The molecule has 0 aliphatic heterocycles. The summed E-state index contributed by atoms with van der Waals surface area (Å²) in [5.74, 6) is 0.647. The quantitative estimate of drug-likeness (QED) is 0.580. The van der Waals surface area contributed by atoms with Crippen LogP contribution in [0.15, 0.2) is 18.2 Å². The van der Waals surface area contributed by atoms with Gasteiger partial charge in [-0.3, -0.25) is 0 Å². The second kappa shape index (κ2) is 4.99. The zero-order chi connectivity index (χ0) is 9.84. The van der Waals surface area contributed by atoms with Crippen LogP contribution in [0, 0.1) is 6.92 Å². The third kappa shape index (κ3) is 2.97. The van der Waals surface area contributed by atoms with Gasteiger partial charge in [0.15, 0.2) is 0 Å². The number of rotatable bonds is 3. The van der Waals surface area contributed by atoms with Gasteiger partial charge < -0.3 is 0 Å². The summed E-state index contributed by atoms with van der Waals surface area (Å²) in [6.07, 6.45) is 1.20. The molecule has 1 rings (SSSR count). The highest BCUT2D eigenvalue weighted by Gasteiger charge is 2.02. The first-order valence-electron chi connectivity index (χ1n) is 4.80. The van der Waals surface area contributed by atoms with Gasteiger partial charge in [-0.2, -0.15) is 0 Å². The lowest BCUT2D eigenvalue weighted by molar-refractivity contribution is 0.861. The number of hydrogen-bond acceptors (Lipinski definition) is 0. The summed E-state index contributed by atoms with van der Waals surface area (Å²) in [4.78, 5) is 0. The SMILES string of the molecule is Cc1ccc(C(C)C)cc1CCI. The zero-order valence-electron chi connectivity index (χ0n) is 8.60. The molecule has 0 aromatic heterocycles. The van der Waals surface area contributed by atoms with Gasteiger partial charge in [0.1, 0.15) is 0 Å². The molecule has 0 spiro atoms. The predicted molar refractivity (Wildman–Crippen MR) is 67.9 cm³/mol. The molecule has 0 aliphatic carbocycles. The fourth-order valence-corrected chi connectivity index (χ4v) is 2.00. The highest BCUT2D eigenvalue weighted by molar-refractivity contribution is 14.1. The first-order chi connectivity index (χ1) is 6.15. The van der Waals surface area contributed by atoms with Gasteiger partial charge in [0, 0.05) is 4.43 Å². The normalized spacial score (nSPS) is 10.8. The minimum Gasteiger partial charge on any atom is -0.0860 e. The summed E-state index contributed by atoms with van der Waals surface area (Å²) >= 11 is 2.44. The number of aryl methyl sites for hydroxylation is 2. The molecule has 0 saturated heterocycles. The molecule has 0 nitrogen and oxygen atoms in total. The Bertz CT molecular complexity index is 276. The number of benzene rings is 1. The van der Waals surface area contributed by atoms with E-state index < -0.39 is 0 Å². The molecule has 0 bridgehead atoms. The molecule has 0 saturated carbocycles. The van der Waals surface area contributed by atoms with Crippen molar-refractivity contribution in [3.05, 3.63) is 34.9 Å². The predicted octanol–water partition coefficient (Wildman–Crippen LogP) is 4.10. The summed E-state index contributed by atoms with van der Waals surface area (Å²) in [6.45, 7) is 6.70. The summed E-state index contributed by atoms with van der Waals surface area (Å²) in [5.41, 5.74) is 4.41. The van der Waals surface area contributed by atoms with E-state index in [4.69, 9.17) is 0 Å². The van der Waals surface area contributed by atoms with Gasteiger partial charge in [0.2, 0.25) is 0 Å². The molecule has 0 heterocycles. The van der Waals surface area contributed by atoms with E-state index in [0.29, 0.717) is 5.92 Å². The maximum absolute atomic E-state index is 2.44. The van der Waals surface area contributed by atoms with Crippen molar-refractivity contribution in [2.75, 3.05) is 4.43 Å². The van der Waals surface area contributed by atoms with E-state index in [1.165, 1.54) is 27.5 Å². The third-order valence-electron chi connectivity index (χ3n) is 2.40. The molecular weight excluding hydrogens is 271 g/mol. The number of alkyl halides is 1. The van der Waals surface area contributed by atoms with Crippen LogP contribution in [0.1, 0.15) is 36.5 Å². The number of halogens is 1. The maximum Gasteiger partial charge on any atom is 0.00359 e. The molecule has 13 heavy (non-hydrogen) atoms.